The standard InChI is InChI=1S/C11H21NO/c1-9(2)8-10(12)11(3)6-4-5-7-13-11/h8,10H,4-7,12H2,1-3H3. The van der Waals surface area contributed by atoms with Crippen LogP contribution in [0.25, 0.3) is 0 Å². The maximum absolute atomic E-state index is 6.08. The van der Waals surface area contributed by atoms with E-state index in [0.29, 0.717) is 0 Å². The summed E-state index contributed by atoms with van der Waals surface area (Å²) < 4.78 is 5.76. The van der Waals surface area contributed by atoms with Crippen LogP contribution in [0.3, 0.4) is 0 Å². The maximum Gasteiger partial charge on any atom is 0.0840 e. The van der Waals surface area contributed by atoms with E-state index in [0.717, 1.165) is 13.0 Å². The molecule has 76 valence electrons. The molecule has 0 spiro atoms. The zero-order chi connectivity index (χ0) is 9.90. The molecule has 1 heterocycles. The highest BCUT2D eigenvalue weighted by Gasteiger charge is 2.32. The summed E-state index contributed by atoms with van der Waals surface area (Å²) in [5.41, 5.74) is 7.22. The number of hydrogen-bond donors (Lipinski definition) is 1. The van der Waals surface area contributed by atoms with Crippen LogP contribution in [0.4, 0.5) is 0 Å². The lowest BCUT2D eigenvalue weighted by Crippen LogP contribution is -2.48. The van der Waals surface area contributed by atoms with E-state index in [1.54, 1.807) is 0 Å². The Labute approximate surface area is 81.1 Å². The molecule has 0 aromatic carbocycles. The van der Waals surface area contributed by atoms with Crippen LogP contribution in [0.2, 0.25) is 0 Å². The molecule has 2 heteroatoms. The largest absolute Gasteiger partial charge is 0.373 e. The highest BCUT2D eigenvalue weighted by molar-refractivity contribution is 5.07. The van der Waals surface area contributed by atoms with Gasteiger partial charge in [0.25, 0.3) is 0 Å². The first-order chi connectivity index (χ1) is 6.04. The average Bonchev–Trinajstić information content (AvgIpc) is 2.04. The van der Waals surface area contributed by atoms with Crippen LogP contribution in [0.5, 0.6) is 0 Å². The number of nitrogens with two attached hydrogens (primary N) is 1. The monoisotopic (exact) mass is 183 g/mol. The second kappa shape index (κ2) is 4.25. The third-order valence-corrected chi connectivity index (χ3v) is 2.72. The molecule has 1 rings (SSSR count). The Bertz CT molecular complexity index is 188. The predicted octanol–water partition coefficient (Wildman–Crippen LogP) is 2.24. The van der Waals surface area contributed by atoms with E-state index in [9.17, 15) is 0 Å². The molecule has 2 nitrogen and oxygen atoms in total. The van der Waals surface area contributed by atoms with Crippen molar-refractivity contribution in [2.45, 2.75) is 51.7 Å². The van der Waals surface area contributed by atoms with Crippen LogP contribution >= 0.6 is 0 Å². The van der Waals surface area contributed by atoms with Crippen LogP contribution in [-0.4, -0.2) is 18.2 Å². The summed E-state index contributed by atoms with van der Waals surface area (Å²) in [7, 11) is 0. The molecule has 2 atom stereocenters. The summed E-state index contributed by atoms with van der Waals surface area (Å²) >= 11 is 0. The van der Waals surface area contributed by atoms with E-state index in [4.69, 9.17) is 10.5 Å². The molecule has 0 bridgehead atoms. The normalized spacial score (nSPS) is 31.1. The molecule has 0 amide bonds. The van der Waals surface area contributed by atoms with Gasteiger partial charge in [-0.3, -0.25) is 0 Å². The lowest BCUT2D eigenvalue weighted by molar-refractivity contribution is -0.0723. The van der Waals surface area contributed by atoms with Crippen LogP contribution < -0.4 is 5.73 Å². The molecule has 0 saturated carbocycles. The van der Waals surface area contributed by atoms with Crippen LogP contribution in [0.1, 0.15) is 40.0 Å². The lowest BCUT2D eigenvalue weighted by atomic mass is 9.88. The van der Waals surface area contributed by atoms with Crippen molar-refractivity contribution in [2.75, 3.05) is 6.61 Å². The molecule has 0 radical (unpaired) electrons. The van der Waals surface area contributed by atoms with E-state index in [2.05, 4.69) is 26.8 Å². The Kier molecular flexibility index (Phi) is 3.51. The van der Waals surface area contributed by atoms with Crippen LogP contribution in [0, 0.1) is 0 Å². The molecule has 13 heavy (non-hydrogen) atoms. The minimum absolute atomic E-state index is 0.0396. The molecular formula is C11H21NO. The van der Waals surface area contributed by atoms with E-state index in [-0.39, 0.29) is 11.6 Å². The Hall–Kier alpha value is -0.340. The second-order valence-electron chi connectivity index (χ2n) is 4.39. The zero-order valence-corrected chi connectivity index (χ0v) is 8.97. The van der Waals surface area contributed by atoms with Gasteiger partial charge in [0, 0.05) is 6.61 Å². The minimum atomic E-state index is -0.129. The fourth-order valence-corrected chi connectivity index (χ4v) is 1.75. The fraction of sp³-hybridized carbons (Fsp3) is 0.818. The van der Waals surface area contributed by atoms with Crippen molar-refractivity contribution in [3.05, 3.63) is 11.6 Å². The number of ether oxygens (including phenoxy) is 1. The van der Waals surface area contributed by atoms with Crippen molar-refractivity contribution in [3.63, 3.8) is 0 Å². The lowest BCUT2D eigenvalue weighted by Gasteiger charge is -2.37. The average molecular weight is 183 g/mol. The Balaban J connectivity index is 2.61. The van der Waals surface area contributed by atoms with E-state index in [1.807, 2.05) is 0 Å². The molecule has 1 saturated heterocycles. The van der Waals surface area contributed by atoms with Gasteiger partial charge in [0.1, 0.15) is 0 Å². The van der Waals surface area contributed by atoms with Crippen molar-refractivity contribution in [3.8, 4) is 0 Å². The van der Waals surface area contributed by atoms with Gasteiger partial charge in [-0.05, 0) is 40.0 Å². The van der Waals surface area contributed by atoms with Gasteiger partial charge in [0.15, 0.2) is 0 Å². The molecule has 0 aromatic heterocycles. The summed E-state index contributed by atoms with van der Waals surface area (Å²) in [6.45, 7) is 7.13. The van der Waals surface area contributed by atoms with Crippen molar-refractivity contribution in [1.82, 2.24) is 0 Å². The molecule has 1 fully saturated rings. The Morgan fingerprint density at radius 3 is 2.62 bits per heavy atom. The molecule has 2 N–H and O–H groups in total. The number of hydrogen-bond acceptors (Lipinski definition) is 2. The summed E-state index contributed by atoms with van der Waals surface area (Å²) in [5, 5.41) is 0. The number of allylic oxidation sites excluding steroid dienone is 1. The second-order valence-corrected chi connectivity index (χ2v) is 4.39. The molecule has 0 aliphatic carbocycles. The molecule has 1 aliphatic rings. The van der Waals surface area contributed by atoms with Gasteiger partial charge in [0.05, 0.1) is 11.6 Å². The third kappa shape index (κ3) is 2.82. The van der Waals surface area contributed by atoms with Crippen LogP contribution in [-0.2, 0) is 4.74 Å². The van der Waals surface area contributed by atoms with Crippen molar-refractivity contribution < 1.29 is 4.74 Å². The van der Waals surface area contributed by atoms with Gasteiger partial charge in [-0.25, -0.2) is 0 Å². The Morgan fingerprint density at radius 2 is 2.15 bits per heavy atom. The van der Waals surface area contributed by atoms with Crippen molar-refractivity contribution in [2.24, 2.45) is 5.73 Å². The van der Waals surface area contributed by atoms with Gasteiger partial charge >= 0.3 is 0 Å². The van der Waals surface area contributed by atoms with Gasteiger partial charge in [0.2, 0.25) is 0 Å². The quantitative estimate of drug-likeness (QED) is 0.666. The number of rotatable bonds is 2. The first kappa shape index (κ1) is 10.7. The molecule has 2 unspecified atom stereocenters. The van der Waals surface area contributed by atoms with Gasteiger partial charge in [-0.15, -0.1) is 0 Å². The Morgan fingerprint density at radius 1 is 1.46 bits per heavy atom. The van der Waals surface area contributed by atoms with Crippen LogP contribution in [0.15, 0.2) is 11.6 Å². The van der Waals surface area contributed by atoms with Gasteiger partial charge in [-0.2, -0.15) is 0 Å². The van der Waals surface area contributed by atoms with Crippen molar-refractivity contribution >= 4 is 0 Å². The zero-order valence-electron chi connectivity index (χ0n) is 8.97. The third-order valence-electron chi connectivity index (χ3n) is 2.72. The first-order valence-electron chi connectivity index (χ1n) is 5.09. The van der Waals surface area contributed by atoms with E-state index < -0.39 is 0 Å². The highest BCUT2D eigenvalue weighted by Crippen LogP contribution is 2.27. The summed E-state index contributed by atoms with van der Waals surface area (Å²) in [6.07, 6.45) is 5.60. The molecule has 1 aliphatic heterocycles. The molecular weight excluding hydrogens is 162 g/mol. The summed E-state index contributed by atoms with van der Waals surface area (Å²) in [4.78, 5) is 0. The summed E-state index contributed by atoms with van der Waals surface area (Å²) in [6, 6.07) is 0.0396. The SMILES string of the molecule is CC(C)=CC(N)C1(C)CCCCO1. The molecule has 0 aromatic rings. The van der Waals surface area contributed by atoms with Crippen molar-refractivity contribution in [1.29, 1.82) is 0 Å². The minimum Gasteiger partial charge on any atom is -0.373 e. The first-order valence-corrected chi connectivity index (χ1v) is 5.09. The summed E-state index contributed by atoms with van der Waals surface area (Å²) in [5.74, 6) is 0. The van der Waals surface area contributed by atoms with Gasteiger partial charge in [-0.1, -0.05) is 11.6 Å². The van der Waals surface area contributed by atoms with E-state index in [1.165, 1.54) is 18.4 Å². The van der Waals surface area contributed by atoms with E-state index >= 15 is 0 Å². The topological polar surface area (TPSA) is 35.2 Å². The fourth-order valence-electron chi connectivity index (χ4n) is 1.75. The smallest absolute Gasteiger partial charge is 0.0840 e. The maximum atomic E-state index is 6.08. The highest BCUT2D eigenvalue weighted by atomic mass is 16.5. The predicted molar refractivity (Wildman–Crippen MR) is 55.6 cm³/mol. The van der Waals surface area contributed by atoms with Gasteiger partial charge < -0.3 is 10.5 Å².